The van der Waals surface area contributed by atoms with Crippen LogP contribution in [0.25, 0.3) is 0 Å². The number of benzene rings is 1. The van der Waals surface area contributed by atoms with E-state index in [1.807, 2.05) is 26.8 Å². The lowest BCUT2D eigenvalue weighted by Gasteiger charge is -2.52. The Labute approximate surface area is 130 Å². The van der Waals surface area contributed by atoms with Gasteiger partial charge in [-0.1, -0.05) is 32.4 Å². The molecule has 0 spiro atoms. The molecular weight excluding hydrogens is 288 g/mol. The van der Waals surface area contributed by atoms with Gasteiger partial charge in [-0.05, 0) is 37.0 Å². The zero-order valence-corrected chi connectivity index (χ0v) is 13.8. The van der Waals surface area contributed by atoms with Gasteiger partial charge in [-0.2, -0.15) is 0 Å². The number of carboxylic acid groups (broad SMARTS) is 1. The summed E-state index contributed by atoms with van der Waals surface area (Å²) in [5.74, 6) is 0.235. The summed E-state index contributed by atoms with van der Waals surface area (Å²) in [4.78, 5) is 11.8. The van der Waals surface area contributed by atoms with Crippen LogP contribution in [-0.2, 0) is 4.79 Å². The number of hydrogen-bond donors (Lipinski definition) is 1. The largest absolute Gasteiger partial charge is 0.489 e. The van der Waals surface area contributed by atoms with Crippen molar-refractivity contribution in [2.24, 2.45) is 11.3 Å². The Kier molecular flexibility index (Phi) is 3.07. The molecule has 2 aliphatic rings. The molecule has 0 saturated heterocycles. The van der Waals surface area contributed by atoms with Crippen LogP contribution in [0.3, 0.4) is 0 Å². The third-order valence-corrected chi connectivity index (χ3v) is 5.82. The van der Waals surface area contributed by atoms with E-state index in [2.05, 4.69) is 13.8 Å². The van der Waals surface area contributed by atoms with Crippen molar-refractivity contribution in [1.82, 2.24) is 0 Å². The SMILES string of the molecule is Cc1cc(Cl)c(C(C)C)c2c1O[C@@H]1C(C)[C@@](C)(C(=O)O)[C@H]21. The molecule has 1 N–H and O–H groups in total. The van der Waals surface area contributed by atoms with Gasteiger partial charge in [0.25, 0.3) is 0 Å². The van der Waals surface area contributed by atoms with E-state index < -0.39 is 11.4 Å². The van der Waals surface area contributed by atoms with Gasteiger partial charge < -0.3 is 9.84 Å². The molecule has 0 bridgehead atoms. The van der Waals surface area contributed by atoms with Crippen LogP contribution in [0, 0.1) is 18.3 Å². The van der Waals surface area contributed by atoms with Crippen LogP contribution in [0.4, 0.5) is 0 Å². The number of aliphatic carboxylic acids is 1. The molecule has 0 radical (unpaired) electrons. The zero-order valence-electron chi connectivity index (χ0n) is 13.0. The van der Waals surface area contributed by atoms with Gasteiger partial charge in [0.2, 0.25) is 0 Å². The van der Waals surface area contributed by atoms with Crippen LogP contribution in [-0.4, -0.2) is 17.2 Å². The van der Waals surface area contributed by atoms with Crippen LogP contribution >= 0.6 is 11.6 Å². The fourth-order valence-corrected chi connectivity index (χ4v) is 4.57. The molecule has 1 unspecified atom stereocenters. The van der Waals surface area contributed by atoms with Crippen molar-refractivity contribution in [2.75, 3.05) is 0 Å². The van der Waals surface area contributed by atoms with Gasteiger partial charge in [0.05, 0.1) is 5.41 Å². The van der Waals surface area contributed by atoms with E-state index >= 15 is 0 Å². The van der Waals surface area contributed by atoms with Gasteiger partial charge >= 0.3 is 5.97 Å². The summed E-state index contributed by atoms with van der Waals surface area (Å²) in [6, 6.07) is 1.93. The van der Waals surface area contributed by atoms with E-state index in [-0.39, 0.29) is 23.9 Å². The summed E-state index contributed by atoms with van der Waals surface area (Å²) in [5, 5.41) is 10.4. The van der Waals surface area contributed by atoms with E-state index in [1.165, 1.54) is 0 Å². The summed E-state index contributed by atoms with van der Waals surface area (Å²) in [7, 11) is 0. The molecule has 1 heterocycles. The maximum absolute atomic E-state index is 11.8. The normalized spacial score (nSPS) is 33.2. The van der Waals surface area contributed by atoms with Crippen LogP contribution < -0.4 is 4.74 Å². The second-order valence-corrected chi connectivity index (χ2v) is 7.33. The summed E-state index contributed by atoms with van der Waals surface area (Å²) >= 11 is 6.45. The lowest BCUT2D eigenvalue weighted by atomic mass is 9.50. The van der Waals surface area contributed by atoms with Crippen molar-refractivity contribution in [1.29, 1.82) is 0 Å². The molecule has 21 heavy (non-hydrogen) atoms. The second-order valence-electron chi connectivity index (χ2n) is 6.92. The van der Waals surface area contributed by atoms with Gasteiger partial charge in [0, 0.05) is 22.4 Å². The minimum atomic E-state index is -0.781. The van der Waals surface area contributed by atoms with Crippen LogP contribution in [0.2, 0.25) is 5.02 Å². The second kappa shape index (κ2) is 4.39. The summed E-state index contributed by atoms with van der Waals surface area (Å²) in [6.07, 6.45) is -0.0456. The van der Waals surface area contributed by atoms with Gasteiger partial charge in [-0.15, -0.1) is 0 Å². The number of hydrogen-bond acceptors (Lipinski definition) is 2. The third kappa shape index (κ3) is 1.64. The van der Waals surface area contributed by atoms with Gasteiger partial charge in [0.15, 0.2) is 0 Å². The van der Waals surface area contributed by atoms with Crippen molar-refractivity contribution < 1.29 is 14.6 Å². The molecule has 1 aromatic carbocycles. The molecule has 0 amide bonds. The lowest BCUT2D eigenvalue weighted by Crippen LogP contribution is -2.59. The number of halogens is 1. The quantitative estimate of drug-likeness (QED) is 0.883. The van der Waals surface area contributed by atoms with Gasteiger partial charge in [-0.25, -0.2) is 0 Å². The van der Waals surface area contributed by atoms with Gasteiger partial charge in [-0.3, -0.25) is 4.79 Å². The Balaban J connectivity index is 2.24. The predicted molar refractivity (Wildman–Crippen MR) is 82.3 cm³/mol. The smallest absolute Gasteiger partial charge is 0.310 e. The molecule has 1 aliphatic heterocycles. The van der Waals surface area contributed by atoms with E-state index in [4.69, 9.17) is 16.3 Å². The first-order valence-corrected chi connectivity index (χ1v) is 7.82. The molecule has 1 aliphatic carbocycles. The first kappa shape index (κ1) is 14.7. The standard InChI is InChI=1S/C17H21ClO3/c1-7(2)11-10(18)6-8(3)14-12(11)13-15(21-14)9(4)17(13,5)16(19)20/h6-7,9,13,15H,1-5H3,(H,19,20)/t9?,13-,15-,17-/m1/s1. The fraction of sp³-hybridized carbons (Fsp3) is 0.588. The maximum atomic E-state index is 11.8. The molecule has 1 aromatic rings. The zero-order chi connectivity index (χ0) is 15.7. The molecule has 3 rings (SSSR count). The first-order chi connectivity index (χ1) is 9.71. The van der Waals surface area contributed by atoms with Crippen LogP contribution in [0.15, 0.2) is 6.07 Å². The minimum Gasteiger partial charge on any atom is -0.489 e. The predicted octanol–water partition coefficient (Wildman–Crippen LogP) is 4.36. The van der Waals surface area contributed by atoms with Gasteiger partial charge in [0.1, 0.15) is 11.9 Å². The number of fused-ring (bicyclic) bond motifs is 3. The average Bonchev–Trinajstić information content (AvgIpc) is 2.74. The van der Waals surface area contributed by atoms with Crippen molar-refractivity contribution in [3.05, 3.63) is 27.8 Å². The minimum absolute atomic E-state index is 0.00872. The monoisotopic (exact) mass is 308 g/mol. The molecule has 1 saturated carbocycles. The molecule has 1 fully saturated rings. The van der Waals surface area contributed by atoms with Crippen LogP contribution in [0.5, 0.6) is 5.75 Å². The first-order valence-electron chi connectivity index (χ1n) is 7.44. The third-order valence-electron chi connectivity index (χ3n) is 5.51. The highest BCUT2D eigenvalue weighted by atomic mass is 35.5. The number of carbonyl (C=O) groups is 1. The Hall–Kier alpha value is -1.22. The molecule has 114 valence electrons. The van der Waals surface area contributed by atoms with Crippen LogP contribution in [0.1, 0.15) is 56.2 Å². The Morgan fingerprint density at radius 1 is 1.48 bits per heavy atom. The number of ether oxygens (including phenoxy) is 1. The molecule has 3 nitrogen and oxygen atoms in total. The van der Waals surface area contributed by atoms with Crippen molar-refractivity contribution >= 4 is 17.6 Å². The Bertz CT molecular complexity index is 637. The molecule has 4 atom stereocenters. The van der Waals surface area contributed by atoms with E-state index in [1.54, 1.807) is 0 Å². The highest BCUT2D eigenvalue weighted by molar-refractivity contribution is 6.31. The number of rotatable bonds is 2. The number of aryl methyl sites for hydroxylation is 1. The van der Waals surface area contributed by atoms with E-state index in [9.17, 15) is 9.90 Å². The maximum Gasteiger partial charge on any atom is 0.310 e. The number of carboxylic acids is 1. The summed E-state index contributed by atoms with van der Waals surface area (Å²) in [5.41, 5.74) is 2.29. The average molecular weight is 309 g/mol. The molecular formula is C17H21ClO3. The summed E-state index contributed by atoms with van der Waals surface area (Å²) in [6.45, 7) is 9.95. The molecule has 4 heteroatoms. The van der Waals surface area contributed by atoms with E-state index in [0.717, 1.165) is 27.5 Å². The molecule has 0 aromatic heterocycles. The van der Waals surface area contributed by atoms with Crippen molar-refractivity contribution in [3.63, 3.8) is 0 Å². The summed E-state index contributed by atoms with van der Waals surface area (Å²) < 4.78 is 6.12. The lowest BCUT2D eigenvalue weighted by molar-refractivity contribution is -0.172. The van der Waals surface area contributed by atoms with Crippen molar-refractivity contribution in [2.45, 2.75) is 52.6 Å². The van der Waals surface area contributed by atoms with Crippen molar-refractivity contribution in [3.8, 4) is 5.75 Å². The van der Waals surface area contributed by atoms with E-state index in [0.29, 0.717) is 0 Å². The Morgan fingerprint density at radius 2 is 2.10 bits per heavy atom. The highest BCUT2D eigenvalue weighted by Gasteiger charge is 2.67. The highest BCUT2D eigenvalue weighted by Crippen LogP contribution is 2.65. The topological polar surface area (TPSA) is 46.5 Å². The fourth-order valence-electron chi connectivity index (χ4n) is 4.08. The Morgan fingerprint density at radius 3 is 2.62 bits per heavy atom.